The van der Waals surface area contributed by atoms with Crippen LogP contribution < -0.4 is 16.6 Å². The lowest BCUT2D eigenvalue weighted by Gasteiger charge is -2.33. The molecule has 122 valence electrons. The summed E-state index contributed by atoms with van der Waals surface area (Å²) in [6.07, 6.45) is 0. The molecule has 1 aliphatic rings. The Hall–Kier alpha value is -2.48. The number of rotatable bonds is 1. The standard InChI is InChI=1S/C15H19N5O3/c1-9-8-16-6-7-20(9)14(22)11-5-4-10-12(17-11)18(2)15(23)19(3)13(10)21/h4-5,9,16H,6-8H2,1-3H3/t9-/m1/s1. The van der Waals surface area contributed by atoms with Crippen LogP contribution in [-0.2, 0) is 14.1 Å². The van der Waals surface area contributed by atoms with Crippen molar-refractivity contribution in [2.45, 2.75) is 13.0 Å². The van der Waals surface area contributed by atoms with E-state index in [1.165, 1.54) is 11.6 Å². The summed E-state index contributed by atoms with van der Waals surface area (Å²) < 4.78 is 2.32. The van der Waals surface area contributed by atoms with Gasteiger partial charge in [0.15, 0.2) is 0 Å². The normalized spacial score (nSPS) is 18.4. The number of aromatic nitrogens is 3. The largest absolute Gasteiger partial charge is 0.332 e. The first-order valence-corrected chi connectivity index (χ1v) is 7.50. The van der Waals surface area contributed by atoms with Gasteiger partial charge in [-0.1, -0.05) is 0 Å². The summed E-state index contributed by atoms with van der Waals surface area (Å²) in [5, 5.41) is 3.55. The van der Waals surface area contributed by atoms with Gasteiger partial charge in [-0.15, -0.1) is 0 Å². The average Bonchev–Trinajstić information content (AvgIpc) is 2.57. The second kappa shape index (κ2) is 5.62. The van der Waals surface area contributed by atoms with Crippen molar-refractivity contribution < 1.29 is 4.79 Å². The predicted octanol–water partition coefficient (Wildman–Crippen LogP) is -0.934. The van der Waals surface area contributed by atoms with Gasteiger partial charge in [0.05, 0.1) is 5.39 Å². The second-order valence-corrected chi connectivity index (χ2v) is 5.83. The van der Waals surface area contributed by atoms with E-state index in [1.54, 1.807) is 24.1 Å². The zero-order chi connectivity index (χ0) is 16.7. The lowest BCUT2D eigenvalue weighted by Crippen LogP contribution is -2.52. The first kappa shape index (κ1) is 15.4. The maximum Gasteiger partial charge on any atom is 0.332 e. The minimum atomic E-state index is -0.463. The Balaban J connectivity index is 2.12. The van der Waals surface area contributed by atoms with Crippen LogP contribution in [-0.4, -0.2) is 50.6 Å². The molecular formula is C15H19N5O3. The van der Waals surface area contributed by atoms with Crippen molar-refractivity contribution in [2.75, 3.05) is 19.6 Å². The van der Waals surface area contributed by atoms with Crippen molar-refractivity contribution in [3.05, 3.63) is 38.7 Å². The molecule has 3 rings (SSSR count). The van der Waals surface area contributed by atoms with E-state index in [4.69, 9.17) is 0 Å². The van der Waals surface area contributed by atoms with Crippen LogP contribution in [0.4, 0.5) is 0 Å². The number of amides is 1. The van der Waals surface area contributed by atoms with Gasteiger partial charge < -0.3 is 10.2 Å². The van der Waals surface area contributed by atoms with Crippen LogP contribution in [0.1, 0.15) is 17.4 Å². The number of nitrogens with zero attached hydrogens (tertiary/aromatic N) is 4. The molecule has 2 aromatic heterocycles. The van der Waals surface area contributed by atoms with Gasteiger partial charge in [-0.25, -0.2) is 9.78 Å². The number of nitrogens with one attached hydrogen (secondary N) is 1. The van der Waals surface area contributed by atoms with Gasteiger partial charge in [-0.3, -0.25) is 18.7 Å². The minimum absolute atomic E-state index is 0.0706. The molecule has 0 spiro atoms. The number of hydrogen-bond donors (Lipinski definition) is 1. The molecule has 0 aliphatic carbocycles. The van der Waals surface area contributed by atoms with Gasteiger partial charge in [-0.05, 0) is 19.1 Å². The Labute approximate surface area is 132 Å². The van der Waals surface area contributed by atoms with E-state index in [-0.39, 0.29) is 23.3 Å². The van der Waals surface area contributed by atoms with E-state index in [0.29, 0.717) is 11.9 Å². The summed E-state index contributed by atoms with van der Waals surface area (Å²) in [6, 6.07) is 3.18. The molecule has 1 atom stereocenters. The van der Waals surface area contributed by atoms with Crippen LogP contribution in [0.2, 0.25) is 0 Å². The van der Waals surface area contributed by atoms with Crippen LogP contribution in [0.25, 0.3) is 11.0 Å². The van der Waals surface area contributed by atoms with Gasteiger partial charge in [0.25, 0.3) is 11.5 Å². The molecule has 1 N–H and O–H groups in total. The molecule has 1 fully saturated rings. The molecule has 1 saturated heterocycles. The monoisotopic (exact) mass is 317 g/mol. The molecule has 0 radical (unpaired) electrons. The zero-order valence-electron chi connectivity index (χ0n) is 13.4. The summed E-state index contributed by atoms with van der Waals surface area (Å²) in [5.74, 6) is -0.186. The SMILES string of the molecule is C[C@@H]1CNCCN1C(=O)c1ccc2c(=O)n(C)c(=O)n(C)c2n1. The fourth-order valence-corrected chi connectivity index (χ4v) is 2.86. The molecular weight excluding hydrogens is 298 g/mol. The van der Waals surface area contributed by atoms with E-state index in [0.717, 1.165) is 17.7 Å². The minimum Gasteiger partial charge on any atom is -0.332 e. The van der Waals surface area contributed by atoms with E-state index in [9.17, 15) is 14.4 Å². The number of carbonyl (C=O) groups is 1. The maximum atomic E-state index is 12.7. The van der Waals surface area contributed by atoms with Gasteiger partial charge in [0, 0.05) is 39.8 Å². The fraction of sp³-hybridized carbons (Fsp3) is 0.467. The highest BCUT2D eigenvalue weighted by Gasteiger charge is 2.25. The van der Waals surface area contributed by atoms with Gasteiger partial charge in [0.2, 0.25) is 0 Å². The highest BCUT2D eigenvalue weighted by atomic mass is 16.2. The molecule has 3 heterocycles. The van der Waals surface area contributed by atoms with Crippen molar-refractivity contribution in [1.82, 2.24) is 24.3 Å². The van der Waals surface area contributed by atoms with Crippen LogP contribution in [0.3, 0.4) is 0 Å². The first-order chi connectivity index (χ1) is 10.9. The molecule has 2 aromatic rings. The van der Waals surface area contributed by atoms with Crippen molar-refractivity contribution in [3.63, 3.8) is 0 Å². The van der Waals surface area contributed by atoms with E-state index < -0.39 is 11.2 Å². The molecule has 8 nitrogen and oxygen atoms in total. The number of hydrogen-bond acceptors (Lipinski definition) is 5. The summed E-state index contributed by atoms with van der Waals surface area (Å²) in [7, 11) is 2.96. The molecule has 0 saturated carbocycles. The van der Waals surface area contributed by atoms with E-state index in [1.807, 2.05) is 6.92 Å². The topological polar surface area (TPSA) is 89.2 Å². The van der Waals surface area contributed by atoms with E-state index in [2.05, 4.69) is 10.3 Å². The number of aryl methyl sites for hydroxylation is 1. The molecule has 0 aromatic carbocycles. The molecule has 0 bridgehead atoms. The average molecular weight is 317 g/mol. The Morgan fingerprint density at radius 3 is 2.70 bits per heavy atom. The number of fused-ring (bicyclic) bond motifs is 1. The van der Waals surface area contributed by atoms with Crippen LogP contribution in [0.15, 0.2) is 21.7 Å². The molecule has 23 heavy (non-hydrogen) atoms. The fourth-order valence-electron chi connectivity index (χ4n) is 2.86. The van der Waals surface area contributed by atoms with Gasteiger partial charge in [0.1, 0.15) is 11.3 Å². The van der Waals surface area contributed by atoms with Crippen molar-refractivity contribution in [1.29, 1.82) is 0 Å². The first-order valence-electron chi connectivity index (χ1n) is 7.50. The highest BCUT2D eigenvalue weighted by Crippen LogP contribution is 2.12. The predicted molar refractivity (Wildman–Crippen MR) is 85.6 cm³/mol. The lowest BCUT2D eigenvalue weighted by atomic mass is 10.2. The third-order valence-electron chi connectivity index (χ3n) is 4.28. The molecule has 8 heteroatoms. The smallest absolute Gasteiger partial charge is 0.332 e. The molecule has 1 aliphatic heterocycles. The number of piperazine rings is 1. The zero-order valence-corrected chi connectivity index (χ0v) is 13.4. The van der Waals surface area contributed by atoms with Gasteiger partial charge in [-0.2, -0.15) is 0 Å². The van der Waals surface area contributed by atoms with Gasteiger partial charge >= 0.3 is 5.69 Å². The summed E-state index contributed by atoms with van der Waals surface area (Å²) in [4.78, 5) is 42.9. The van der Waals surface area contributed by atoms with Crippen LogP contribution in [0, 0.1) is 0 Å². The Morgan fingerprint density at radius 1 is 1.26 bits per heavy atom. The Kier molecular flexibility index (Phi) is 3.77. The van der Waals surface area contributed by atoms with Crippen molar-refractivity contribution in [2.24, 2.45) is 14.1 Å². The van der Waals surface area contributed by atoms with Crippen molar-refractivity contribution >= 4 is 16.9 Å². The summed E-state index contributed by atoms with van der Waals surface area (Å²) in [5.41, 5.74) is -0.401. The maximum absolute atomic E-state index is 12.7. The third kappa shape index (κ3) is 2.44. The number of carbonyl (C=O) groups excluding carboxylic acids is 1. The van der Waals surface area contributed by atoms with Crippen molar-refractivity contribution in [3.8, 4) is 0 Å². The second-order valence-electron chi connectivity index (χ2n) is 5.83. The Bertz CT molecular complexity index is 898. The summed E-state index contributed by atoms with van der Waals surface area (Å²) in [6.45, 7) is 4.05. The quantitative estimate of drug-likeness (QED) is 0.734. The number of pyridine rings is 1. The van der Waals surface area contributed by atoms with Crippen LogP contribution >= 0.6 is 0 Å². The third-order valence-corrected chi connectivity index (χ3v) is 4.28. The van der Waals surface area contributed by atoms with Crippen LogP contribution in [0.5, 0.6) is 0 Å². The summed E-state index contributed by atoms with van der Waals surface area (Å²) >= 11 is 0. The Morgan fingerprint density at radius 2 is 2.00 bits per heavy atom. The lowest BCUT2D eigenvalue weighted by molar-refractivity contribution is 0.0650. The molecule has 0 unspecified atom stereocenters. The highest BCUT2D eigenvalue weighted by molar-refractivity contribution is 5.94. The molecule has 1 amide bonds. The van der Waals surface area contributed by atoms with E-state index >= 15 is 0 Å².